The van der Waals surface area contributed by atoms with Gasteiger partial charge in [0.2, 0.25) is 0 Å². The van der Waals surface area contributed by atoms with Crippen molar-refractivity contribution in [2.45, 2.75) is 70.8 Å². The van der Waals surface area contributed by atoms with Crippen molar-refractivity contribution in [3.05, 3.63) is 34.9 Å². The van der Waals surface area contributed by atoms with Crippen molar-refractivity contribution >= 4 is 11.8 Å². The quantitative estimate of drug-likeness (QED) is 0.724. The van der Waals surface area contributed by atoms with Gasteiger partial charge in [0.05, 0.1) is 0 Å². The third-order valence-corrected chi connectivity index (χ3v) is 5.87. The van der Waals surface area contributed by atoms with Crippen LogP contribution in [0.5, 0.6) is 0 Å². The molecule has 1 aliphatic heterocycles. The Morgan fingerprint density at radius 1 is 1.14 bits per heavy atom. The second kappa shape index (κ2) is 8.85. The predicted octanol–water partition coefficient (Wildman–Crippen LogP) is 4.92. The maximum absolute atomic E-state index is 6.36. The Labute approximate surface area is 135 Å². The van der Waals surface area contributed by atoms with Crippen LogP contribution >= 0.6 is 11.8 Å². The zero-order valence-electron chi connectivity index (χ0n) is 13.7. The van der Waals surface area contributed by atoms with Crippen molar-refractivity contribution in [1.29, 1.82) is 0 Å². The van der Waals surface area contributed by atoms with Gasteiger partial charge in [0, 0.05) is 17.7 Å². The molecule has 1 aromatic carbocycles. The first-order chi connectivity index (χ1) is 10.3. The molecule has 0 saturated carbocycles. The van der Waals surface area contributed by atoms with Crippen LogP contribution in [0.2, 0.25) is 0 Å². The number of thioether (sulfide) groups is 1. The largest absolute Gasteiger partial charge is 0.327 e. The number of benzene rings is 1. The summed E-state index contributed by atoms with van der Waals surface area (Å²) in [5.41, 5.74) is 11.0. The molecule has 118 valence electrons. The molecule has 1 aliphatic rings. The fourth-order valence-corrected chi connectivity index (χ4v) is 4.59. The summed E-state index contributed by atoms with van der Waals surface area (Å²) in [6.45, 7) is 4.55. The molecule has 0 radical (unpaired) electrons. The van der Waals surface area contributed by atoms with Crippen molar-refractivity contribution in [2.24, 2.45) is 5.73 Å². The van der Waals surface area contributed by atoms with E-state index in [1.54, 1.807) is 5.56 Å². The average molecular weight is 306 g/mol. The molecule has 1 aromatic rings. The van der Waals surface area contributed by atoms with Crippen molar-refractivity contribution in [3.8, 4) is 0 Å². The van der Waals surface area contributed by atoms with Gasteiger partial charge in [-0.25, -0.2) is 0 Å². The summed E-state index contributed by atoms with van der Waals surface area (Å²) in [5, 5.41) is 0. The lowest BCUT2D eigenvalue weighted by atomic mass is 9.88. The topological polar surface area (TPSA) is 26.0 Å². The molecular formula is C19H31NS. The highest BCUT2D eigenvalue weighted by molar-refractivity contribution is 7.99. The maximum atomic E-state index is 6.36. The van der Waals surface area contributed by atoms with E-state index in [0.29, 0.717) is 12.0 Å². The van der Waals surface area contributed by atoms with E-state index in [1.165, 1.54) is 54.7 Å². The van der Waals surface area contributed by atoms with E-state index >= 15 is 0 Å². The SMILES string of the molecule is CCCCCCc1cc(C2CSCCC2N)ccc1CC. The van der Waals surface area contributed by atoms with Crippen LogP contribution in [0.4, 0.5) is 0 Å². The molecule has 0 spiro atoms. The van der Waals surface area contributed by atoms with E-state index in [2.05, 4.69) is 43.8 Å². The lowest BCUT2D eigenvalue weighted by Crippen LogP contribution is -2.33. The minimum absolute atomic E-state index is 0.353. The van der Waals surface area contributed by atoms with Crippen molar-refractivity contribution in [2.75, 3.05) is 11.5 Å². The summed E-state index contributed by atoms with van der Waals surface area (Å²) < 4.78 is 0. The number of unbranched alkanes of at least 4 members (excludes halogenated alkanes) is 3. The molecule has 2 unspecified atom stereocenters. The normalized spacial score (nSPS) is 22.4. The van der Waals surface area contributed by atoms with E-state index in [0.717, 1.165) is 12.8 Å². The van der Waals surface area contributed by atoms with E-state index in [9.17, 15) is 0 Å². The van der Waals surface area contributed by atoms with Crippen LogP contribution in [-0.2, 0) is 12.8 Å². The van der Waals surface area contributed by atoms with Crippen LogP contribution < -0.4 is 5.73 Å². The first-order valence-electron chi connectivity index (χ1n) is 8.71. The van der Waals surface area contributed by atoms with Crippen molar-refractivity contribution in [3.63, 3.8) is 0 Å². The first kappa shape index (κ1) is 16.9. The number of hydrogen-bond donors (Lipinski definition) is 1. The lowest BCUT2D eigenvalue weighted by molar-refractivity contribution is 0.547. The third-order valence-electron chi connectivity index (χ3n) is 4.75. The summed E-state index contributed by atoms with van der Waals surface area (Å²) in [7, 11) is 0. The van der Waals surface area contributed by atoms with E-state index in [4.69, 9.17) is 5.73 Å². The molecule has 0 aromatic heterocycles. The van der Waals surface area contributed by atoms with E-state index < -0.39 is 0 Å². The van der Waals surface area contributed by atoms with Gasteiger partial charge >= 0.3 is 0 Å². The van der Waals surface area contributed by atoms with Gasteiger partial charge in [-0.15, -0.1) is 0 Å². The van der Waals surface area contributed by atoms with Crippen LogP contribution in [0.15, 0.2) is 18.2 Å². The maximum Gasteiger partial charge on any atom is 0.0124 e. The van der Waals surface area contributed by atoms with Crippen LogP contribution in [0, 0.1) is 0 Å². The highest BCUT2D eigenvalue weighted by atomic mass is 32.2. The van der Waals surface area contributed by atoms with Crippen LogP contribution in [0.3, 0.4) is 0 Å². The van der Waals surface area contributed by atoms with Gasteiger partial charge < -0.3 is 5.73 Å². The minimum Gasteiger partial charge on any atom is -0.327 e. The predicted molar refractivity (Wildman–Crippen MR) is 96.3 cm³/mol. The monoisotopic (exact) mass is 305 g/mol. The summed E-state index contributed by atoms with van der Waals surface area (Å²) in [4.78, 5) is 0. The van der Waals surface area contributed by atoms with Crippen molar-refractivity contribution in [1.82, 2.24) is 0 Å². The fourth-order valence-electron chi connectivity index (χ4n) is 3.29. The van der Waals surface area contributed by atoms with Crippen LogP contribution in [-0.4, -0.2) is 17.5 Å². The first-order valence-corrected chi connectivity index (χ1v) is 9.86. The van der Waals surface area contributed by atoms with Gasteiger partial charge in [0.1, 0.15) is 0 Å². The fraction of sp³-hybridized carbons (Fsp3) is 0.684. The molecule has 1 heterocycles. The number of rotatable bonds is 7. The molecule has 2 atom stereocenters. The Kier molecular flexibility index (Phi) is 7.12. The van der Waals surface area contributed by atoms with Gasteiger partial charge in [-0.1, -0.05) is 51.3 Å². The summed E-state index contributed by atoms with van der Waals surface area (Å²) in [6, 6.07) is 7.52. The Bertz CT molecular complexity index is 430. The Morgan fingerprint density at radius 3 is 2.71 bits per heavy atom. The highest BCUT2D eigenvalue weighted by Crippen LogP contribution is 2.32. The molecule has 1 fully saturated rings. The molecule has 21 heavy (non-hydrogen) atoms. The van der Waals surface area contributed by atoms with Crippen LogP contribution in [0.25, 0.3) is 0 Å². The van der Waals surface area contributed by atoms with E-state index in [-0.39, 0.29) is 0 Å². The van der Waals surface area contributed by atoms with Crippen LogP contribution in [0.1, 0.15) is 68.6 Å². The lowest BCUT2D eigenvalue weighted by Gasteiger charge is -2.29. The molecule has 0 amide bonds. The molecule has 2 N–H and O–H groups in total. The third kappa shape index (κ3) is 4.75. The Morgan fingerprint density at radius 2 is 2.00 bits per heavy atom. The van der Waals surface area contributed by atoms with Crippen molar-refractivity contribution < 1.29 is 0 Å². The van der Waals surface area contributed by atoms with Gasteiger partial charge in [0.25, 0.3) is 0 Å². The molecule has 0 aliphatic carbocycles. The molecule has 1 nitrogen and oxygen atoms in total. The molecular weight excluding hydrogens is 274 g/mol. The molecule has 1 saturated heterocycles. The average Bonchev–Trinajstić information content (AvgIpc) is 2.52. The highest BCUT2D eigenvalue weighted by Gasteiger charge is 2.24. The summed E-state index contributed by atoms with van der Waals surface area (Å²) >= 11 is 2.06. The number of aryl methyl sites for hydroxylation is 2. The number of hydrogen-bond acceptors (Lipinski definition) is 2. The minimum atomic E-state index is 0.353. The summed E-state index contributed by atoms with van der Waals surface area (Å²) in [5.74, 6) is 2.99. The standard InChI is InChI=1S/C19H31NS/c1-3-5-6-7-8-16-13-17(10-9-15(16)4-2)18-14-21-12-11-19(18)20/h9-10,13,18-19H,3-8,11-12,14,20H2,1-2H3. The van der Waals surface area contributed by atoms with E-state index in [1.807, 2.05) is 0 Å². The zero-order chi connectivity index (χ0) is 15.1. The molecule has 0 bridgehead atoms. The molecule has 2 rings (SSSR count). The smallest absolute Gasteiger partial charge is 0.0124 e. The van der Waals surface area contributed by atoms with Gasteiger partial charge in [-0.05, 0) is 48.1 Å². The zero-order valence-corrected chi connectivity index (χ0v) is 14.6. The Balaban J connectivity index is 2.08. The molecule has 2 heteroatoms. The van der Waals surface area contributed by atoms with Gasteiger partial charge in [-0.2, -0.15) is 11.8 Å². The van der Waals surface area contributed by atoms with Gasteiger partial charge in [-0.3, -0.25) is 0 Å². The van der Waals surface area contributed by atoms with Gasteiger partial charge in [0.15, 0.2) is 0 Å². The second-order valence-corrected chi connectivity index (χ2v) is 7.48. The number of nitrogens with two attached hydrogens (primary N) is 1. The summed E-state index contributed by atoms with van der Waals surface area (Å²) in [6.07, 6.45) is 8.93. The second-order valence-electron chi connectivity index (χ2n) is 6.33. The Hall–Kier alpha value is -0.470.